The van der Waals surface area contributed by atoms with E-state index in [0.29, 0.717) is 0 Å². The van der Waals surface area contributed by atoms with Gasteiger partial charge in [0.1, 0.15) is 5.75 Å². The van der Waals surface area contributed by atoms with Gasteiger partial charge in [-0.05, 0) is 25.1 Å². The maximum absolute atomic E-state index is 12.9. The highest BCUT2D eigenvalue weighted by Gasteiger charge is 2.75. The Morgan fingerprint density at radius 1 is 1.14 bits per heavy atom. The fraction of sp³-hybridized carbons (Fsp3) is 0.385. The van der Waals surface area contributed by atoms with Gasteiger partial charge in [-0.25, -0.2) is 0 Å². The van der Waals surface area contributed by atoms with Gasteiger partial charge in [0.2, 0.25) is 0 Å². The molecule has 0 bridgehead atoms. The zero-order chi connectivity index (χ0) is 16.9. The lowest BCUT2D eigenvalue weighted by Crippen LogP contribution is -2.63. The van der Waals surface area contributed by atoms with Crippen molar-refractivity contribution in [3.63, 3.8) is 0 Å². The van der Waals surface area contributed by atoms with E-state index >= 15 is 0 Å². The molecule has 1 aliphatic rings. The Labute approximate surface area is 119 Å². The van der Waals surface area contributed by atoms with Crippen LogP contribution in [-0.4, -0.2) is 29.5 Å². The number of hydrogen-bond donors (Lipinski definition) is 0. The zero-order valence-corrected chi connectivity index (χ0v) is 10.9. The number of carbonyl (C=O) groups excluding carboxylic acids is 2. The molecule has 22 heavy (non-hydrogen) atoms. The van der Waals surface area contributed by atoms with E-state index in [1.165, 1.54) is 0 Å². The number of rotatable bonds is 1. The number of alkyl halides is 6. The van der Waals surface area contributed by atoms with E-state index in [-0.39, 0.29) is 5.56 Å². The van der Waals surface area contributed by atoms with Gasteiger partial charge in [-0.2, -0.15) is 26.3 Å². The van der Waals surface area contributed by atoms with Crippen LogP contribution in [0.1, 0.15) is 34.1 Å². The first kappa shape index (κ1) is 16.3. The highest BCUT2D eigenvalue weighted by atomic mass is 19.4. The number of ketones is 2. The molecule has 1 aromatic carbocycles. The van der Waals surface area contributed by atoms with Crippen molar-refractivity contribution in [2.75, 3.05) is 0 Å². The first-order valence-electron chi connectivity index (χ1n) is 5.90. The van der Waals surface area contributed by atoms with Crippen molar-refractivity contribution >= 4 is 11.6 Å². The van der Waals surface area contributed by atoms with E-state index in [4.69, 9.17) is 0 Å². The summed E-state index contributed by atoms with van der Waals surface area (Å²) in [6, 6.07) is 2.68. The summed E-state index contributed by atoms with van der Waals surface area (Å²) in [5.41, 5.74) is -5.07. The number of ether oxygens (including phenoxy) is 1. The van der Waals surface area contributed by atoms with E-state index in [0.717, 1.165) is 25.1 Å². The molecule has 0 radical (unpaired) electrons. The molecule has 0 saturated carbocycles. The lowest BCUT2D eigenvalue weighted by molar-refractivity contribution is -0.356. The Bertz CT molecular complexity index is 630. The second-order valence-corrected chi connectivity index (χ2v) is 4.79. The summed E-state index contributed by atoms with van der Waals surface area (Å²) >= 11 is 0. The van der Waals surface area contributed by atoms with Gasteiger partial charge in [0, 0.05) is 5.56 Å². The number of carbonyl (C=O) groups is 2. The van der Waals surface area contributed by atoms with Crippen LogP contribution < -0.4 is 4.74 Å². The molecule has 120 valence electrons. The van der Waals surface area contributed by atoms with E-state index in [1.807, 2.05) is 0 Å². The summed E-state index contributed by atoms with van der Waals surface area (Å²) in [6.45, 7) is 1.14. The fourth-order valence-electron chi connectivity index (χ4n) is 2.08. The minimum atomic E-state index is -5.82. The topological polar surface area (TPSA) is 43.4 Å². The van der Waals surface area contributed by atoms with E-state index < -0.39 is 47.3 Å². The SMILES string of the molecule is CC(=O)c1ccc2c(c1)C(=O)CC(C(F)(F)F)(C(F)(F)F)O2. The molecule has 1 heterocycles. The summed E-state index contributed by atoms with van der Waals surface area (Å²) < 4.78 is 81.7. The van der Waals surface area contributed by atoms with Crippen molar-refractivity contribution in [1.29, 1.82) is 0 Å². The molecule has 0 unspecified atom stereocenters. The lowest BCUT2D eigenvalue weighted by atomic mass is 9.88. The molecular weight excluding hydrogens is 318 g/mol. The summed E-state index contributed by atoms with van der Waals surface area (Å²) in [4.78, 5) is 22.9. The minimum Gasteiger partial charge on any atom is -0.467 e. The lowest BCUT2D eigenvalue weighted by Gasteiger charge is -2.39. The number of benzene rings is 1. The van der Waals surface area contributed by atoms with E-state index in [1.54, 1.807) is 0 Å². The Kier molecular flexibility index (Phi) is 3.50. The predicted molar refractivity (Wildman–Crippen MR) is 60.9 cm³/mol. The van der Waals surface area contributed by atoms with Gasteiger partial charge in [0.25, 0.3) is 0 Å². The zero-order valence-electron chi connectivity index (χ0n) is 10.9. The maximum Gasteiger partial charge on any atom is 0.437 e. The first-order chi connectivity index (χ1) is 9.89. The summed E-state index contributed by atoms with van der Waals surface area (Å²) in [6.07, 6.45) is -13.6. The predicted octanol–water partition coefficient (Wildman–Crippen LogP) is 3.72. The number of hydrogen-bond acceptors (Lipinski definition) is 3. The molecule has 1 aromatic rings. The molecule has 3 nitrogen and oxygen atoms in total. The van der Waals surface area contributed by atoms with Crippen LogP contribution in [-0.2, 0) is 0 Å². The Morgan fingerprint density at radius 3 is 2.14 bits per heavy atom. The summed E-state index contributed by atoms with van der Waals surface area (Å²) in [5.74, 6) is -2.73. The fourth-order valence-corrected chi connectivity index (χ4v) is 2.08. The largest absolute Gasteiger partial charge is 0.467 e. The molecule has 0 N–H and O–H groups in total. The molecule has 1 aliphatic heterocycles. The molecule has 0 fully saturated rings. The first-order valence-corrected chi connectivity index (χ1v) is 5.90. The minimum absolute atomic E-state index is 0.0118. The highest BCUT2D eigenvalue weighted by Crippen LogP contribution is 2.51. The van der Waals surface area contributed by atoms with Crippen LogP contribution in [0.25, 0.3) is 0 Å². The number of halogens is 6. The molecular formula is C13H8F6O3. The standard InChI is InChI=1S/C13H8F6O3/c1-6(20)7-2-3-10-8(4-7)9(21)5-11(22-10,12(14,15)16)13(17,18)19/h2-4H,5H2,1H3. The molecule has 0 aliphatic carbocycles. The summed E-state index contributed by atoms with van der Waals surface area (Å²) in [7, 11) is 0. The van der Waals surface area contributed by atoms with Crippen LogP contribution in [0.15, 0.2) is 18.2 Å². The van der Waals surface area contributed by atoms with Crippen LogP contribution in [0, 0.1) is 0 Å². The van der Waals surface area contributed by atoms with Crippen molar-refractivity contribution in [1.82, 2.24) is 0 Å². The third kappa shape index (κ3) is 2.34. The van der Waals surface area contributed by atoms with Crippen molar-refractivity contribution < 1.29 is 40.7 Å². The van der Waals surface area contributed by atoms with Crippen molar-refractivity contribution in [3.05, 3.63) is 29.3 Å². The molecule has 2 rings (SSSR count). The normalized spacial score (nSPS) is 17.7. The monoisotopic (exact) mass is 326 g/mol. The Balaban J connectivity index is 2.60. The average molecular weight is 326 g/mol. The van der Waals surface area contributed by atoms with E-state index in [9.17, 15) is 35.9 Å². The molecule has 0 atom stereocenters. The second-order valence-electron chi connectivity index (χ2n) is 4.79. The number of fused-ring (bicyclic) bond motifs is 1. The van der Waals surface area contributed by atoms with E-state index in [2.05, 4.69) is 4.74 Å². The van der Waals surface area contributed by atoms with Crippen molar-refractivity contribution in [2.24, 2.45) is 0 Å². The Hall–Kier alpha value is -2.06. The van der Waals surface area contributed by atoms with Crippen LogP contribution >= 0.6 is 0 Å². The van der Waals surface area contributed by atoms with Crippen molar-refractivity contribution in [2.45, 2.75) is 31.3 Å². The van der Waals surface area contributed by atoms with Gasteiger partial charge in [-0.3, -0.25) is 9.59 Å². The summed E-state index contributed by atoms with van der Waals surface area (Å²) in [5, 5.41) is 0. The number of Topliss-reactive ketones (excluding diaryl/α,β-unsaturated/α-hetero) is 2. The van der Waals surface area contributed by atoms with Gasteiger partial charge in [-0.1, -0.05) is 0 Å². The van der Waals surface area contributed by atoms with Crippen LogP contribution in [0.5, 0.6) is 5.75 Å². The molecule has 0 spiro atoms. The molecule has 0 amide bonds. The Morgan fingerprint density at radius 2 is 1.68 bits per heavy atom. The van der Waals surface area contributed by atoms with Crippen LogP contribution in [0.4, 0.5) is 26.3 Å². The van der Waals surface area contributed by atoms with Crippen LogP contribution in [0.2, 0.25) is 0 Å². The third-order valence-electron chi connectivity index (χ3n) is 3.30. The van der Waals surface area contributed by atoms with Gasteiger partial charge >= 0.3 is 18.0 Å². The molecule has 9 heteroatoms. The third-order valence-corrected chi connectivity index (χ3v) is 3.30. The van der Waals surface area contributed by atoms with Gasteiger partial charge in [0.05, 0.1) is 12.0 Å². The quantitative estimate of drug-likeness (QED) is 0.583. The highest BCUT2D eigenvalue weighted by molar-refractivity contribution is 6.03. The van der Waals surface area contributed by atoms with Gasteiger partial charge < -0.3 is 4.74 Å². The average Bonchev–Trinajstić information content (AvgIpc) is 2.35. The van der Waals surface area contributed by atoms with Crippen LogP contribution in [0.3, 0.4) is 0 Å². The molecule has 0 saturated heterocycles. The maximum atomic E-state index is 12.9. The smallest absolute Gasteiger partial charge is 0.437 e. The second kappa shape index (κ2) is 4.72. The van der Waals surface area contributed by atoms with Gasteiger partial charge in [0.15, 0.2) is 11.6 Å². The van der Waals surface area contributed by atoms with Gasteiger partial charge in [-0.15, -0.1) is 0 Å². The molecule has 0 aromatic heterocycles. The van der Waals surface area contributed by atoms with Crippen molar-refractivity contribution in [3.8, 4) is 5.75 Å².